The van der Waals surface area contributed by atoms with Crippen LogP contribution < -0.4 is 10.6 Å². The number of carbonyl (C=O) groups is 1. The van der Waals surface area contributed by atoms with Gasteiger partial charge in [0, 0.05) is 30.0 Å². The Balaban J connectivity index is 0.00000456. The Morgan fingerprint density at radius 1 is 1.03 bits per heavy atom. The highest BCUT2D eigenvalue weighted by atomic mass is 35.5. The van der Waals surface area contributed by atoms with Crippen molar-refractivity contribution in [2.75, 3.05) is 11.9 Å². The van der Waals surface area contributed by atoms with Crippen molar-refractivity contribution in [2.45, 2.75) is 91.1 Å². The molecule has 9 heteroatoms. The van der Waals surface area contributed by atoms with Gasteiger partial charge in [0.05, 0.1) is 18.4 Å². The van der Waals surface area contributed by atoms with Gasteiger partial charge in [-0.2, -0.15) is 0 Å². The zero-order chi connectivity index (χ0) is 24.9. The molecule has 0 saturated carbocycles. The van der Waals surface area contributed by atoms with Crippen LogP contribution in [0, 0.1) is 0 Å². The Kier molecular flexibility index (Phi) is 13.0. The smallest absolute Gasteiger partial charge is 0.251 e. The van der Waals surface area contributed by atoms with E-state index in [-0.39, 0.29) is 18.3 Å². The number of carbonyl (C=O) groups excluding carboxylic acids is 1. The number of hydrogen-bond acceptors (Lipinski definition) is 5. The highest BCUT2D eigenvalue weighted by molar-refractivity contribution is 5.94. The van der Waals surface area contributed by atoms with Crippen molar-refractivity contribution >= 4 is 24.3 Å². The number of hydrogen-bond donors (Lipinski definition) is 3. The fourth-order valence-electron chi connectivity index (χ4n) is 3.98. The van der Waals surface area contributed by atoms with Crippen LogP contribution in [0.3, 0.4) is 0 Å². The molecule has 1 amide bonds. The monoisotopic (exact) mass is 515 g/mol. The molecule has 0 spiro atoms. The molecule has 0 bridgehead atoms. The second-order valence-corrected chi connectivity index (χ2v) is 9.50. The van der Waals surface area contributed by atoms with Crippen molar-refractivity contribution in [3.8, 4) is 0 Å². The van der Waals surface area contributed by atoms with Gasteiger partial charge in [0.15, 0.2) is 5.95 Å². The van der Waals surface area contributed by atoms with Gasteiger partial charge < -0.3 is 15.6 Å². The van der Waals surface area contributed by atoms with Crippen LogP contribution in [0.5, 0.6) is 0 Å². The second-order valence-electron chi connectivity index (χ2n) is 9.50. The average Bonchev–Trinajstić information content (AvgIpc) is 3.48. The standard InChI is InChI=1S/C27H41N7O.ClH/c1-4-5-7-10-22-13-15-23(16-14-22)26(35)28-17-18-34-20-25(32-33-34)12-9-6-8-11-24-19-29-27(31-24)30-21(2)3;/h13-16,19-21H,4-12,17-18H2,1-3H3,(H,28,35)(H2,29,30,31);1H. The Labute approximate surface area is 221 Å². The number of nitrogens with zero attached hydrogens (tertiary/aromatic N) is 4. The number of rotatable bonds is 16. The van der Waals surface area contributed by atoms with Crippen LogP contribution in [0.2, 0.25) is 0 Å². The third-order valence-electron chi connectivity index (χ3n) is 5.93. The summed E-state index contributed by atoms with van der Waals surface area (Å²) in [5, 5.41) is 14.7. The van der Waals surface area contributed by atoms with Crippen molar-refractivity contribution in [3.05, 3.63) is 59.2 Å². The van der Waals surface area contributed by atoms with Crippen LogP contribution in [-0.4, -0.2) is 43.5 Å². The summed E-state index contributed by atoms with van der Waals surface area (Å²) in [5.74, 6) is 0.799. The first-order valence-electron chi connectivity index (χ1n) is 13.1. The SMILES string of the molecule is CCCCCc1ccc(C(=O)NCCn2cc(CCCCCc3cnc(NC(C)C)[nH]3)nn2)cc1.Cl. The maximum absolute atomic E-state index is 12.4. The van der Waals surface area contributed by atoms with Gasteiger partial charge >= 0.3 is 0 Å². The highest BCUT2D eigenvalue weighted by Gasteiger charge is 2.07. The van der Waals surface area contributed by atoms with Crippen molar-refractivity contribution in [2.24, 2.45) is 0 Å². The Morgan fingerprint density at radius 3 is 2.53 bits per heavy atom. The number of aromatic amines is 1. The molecule has 2 aromatic heterocycles. The number of unbranched alkanes of at least 4 members (excludes halogenated alkanes) is 4. The minimum absolute atomic E-state index is 0. The van der Waals surface area contributed by atoms with Crippen molar-refractivity contribution in [1.82, 2.24) is 30.3 Å². The summed E-state index contributed by atoms with van der Waals surface area (Å²) >= 11 is 0. The molecule has 0 radical (unpaired) electrons. The first-order chi connectivity index (χ1) is 17.0. The van der Waals surface area contributed by atoms with E-state index in [1.165, 1.54) is 30.5 Å². The predicted molar refractivity (Wildman–Crippen MR) is 148 cm³/mol. The summed E-state index contributed by atoms with van der Waals surface area (Å²) in [6.45, 7) is 7.55. The average molecular weight is 516 g/mol. The fraction of sp³-hybridized carbons (Fsp3) is 0.556. The number of nitrogens with one attached hydrogen (secondary N) is 3. The largest absolute Gasteiger partial charge is 0.354 e. The predicted octanol–water partition coefficient (Wildman–Crippen LogP) is 5.36. The third-order valence-corrected chi connectivity index (χ3v) is 5.93. The summed E-state index contributed by atoms with van der Waals surface area (Å²) in [7, 11) is 0. The zero-order valence-electron chi connectivity index (χ0n) is 21.9. The number of aromatic nitrogens is 5. The van der Waals surface area contributed by atoms with Crippen LogP contribution in [0.1, 0.15) is 86.6 Å². The lowest BCUT2D eigenvalue weighted by atomic mass is 10.1. The molecule has 0 saturated heterocycles. The number of anilines is 1. The molecule has 0 aliphatic carbocycles. The maximum atomic E-state index is 12.4. The van der Waals surface area contributed by atoms with E-state index >= 15 is 0 Å². The maximum Gasteiger partial charge on any atom is 0.251 e. The number of halogens is 1. The van der Waals surface area contributed by atoms with E-state index in [1.54, 1.807) is 4.68 Å². The molecule has 3 aromatic rings. The molecule has 8 nitrogen and oxygen atoms in total. The number of H-pyrrole nitrogens is 1. The number of aryl methyl sites for hydroxylation is 3. The molecule has 0 aliphatic rings. The van der Waals surface area contributed by atoms with Crippen LogP contribution in [0.4, 0.5) is 5.95 Å². The highest BCUT2D eigenvalue weighted by Crippen LogP contribution is 2.11. The van der Waals surface area contributed by atoms with Gasteiger partial charge in [-0.05, 0) is 70.1 Å². The minimum Gasteiger partial charge on any atom is -0.354 e. The van der Waals surface area contributed by atoms with E-state index in [2.05, 4.69) is 63.8 Å². The molecular formula is C27H42ClN7O. The molecule has 36 heavy (non-hydrogen) atoms. The van der Waals surface area contributed by atoms with E-state index in [1.807, 2.05) is 24.5 Å². The molecule has 0 atom stereocenters. The molecule has 1 aromatic carbocycles. The molecule has 198 valence electrons. The summed E-state index contributed by atoms with van der Waals surface area (Å²) in [5.41, 5.74) is 4.16. The second kappa shape index (κ2) is 16.0. The molecule has 2 heterocycles. The Bertz CT molecular complexity index is 1010. The number of benzene rings is 1. The van der Waals surface area contributed by atoms with E-state index in [0.717, 1.165) is 50.2 Å². The number of amides is 1. The van der Waals surface area contributed by atoms with Gasteiger partial charge in [0.2, 0.25) is 0 Å². The van der Waals surface area contributed by atoms with E-state index in [9.17, 15) is 4.79 Å². The minimum atomic E-state index is -0.0465. The lowest BCUT2D eigenvalue weighted by Gasteiger charge is -2.06. The van der Waals surface area contributed by atoms with Crippen LogP contribution in [0.25, 0.3) is 0 Å². The fourth-order valence-corrected chi connectivity index (χ4v) is 3.98. The van der Waals surface area contributed by atoms with E-state index in [4.69, 9.17) is 0 Å². The van der Waals surface area contributed by atoms with E-state index < -0.39 is 0 Å². The molecule has 3 rings (SSSR count). The molecular weight excluding hydrogens is 474 g/mol. The van der Waals surface area contributed by atoms with Crippen LogP contribution in [0.15, 0.2) is 36.7 Å². The topological polar surface area (TPSA) is 101 Å². The summed E-state index contributed by atoms with van der Waals surface area (Å²) in [6, 6.07) is 8.32. The third kappa shape index (κ3) is 10.4. The normalized spacial score (nSPS) is 10.9. The molecule has 0 fully saturated rings. The molecule has 0 aliphatic heterocycles. The Morgan fingerprint density at radius 2 is 1.78 bits per heavy atom. The van der Waals surface area contributed by atoms with Gasteiger partial charge in [-0.3, -0.25) is 9.48 Å². The Hall–Kier alpha value is -2.87. The van der Waals surface area contributed by atoms with Gasteiger partial charge in [-0.15, -0.1) is 17.5 Å². The van der Waals surface area contributed by atoms with Crippen LogP contribution >= 0.6 is 12.4 Å². The summed E-state index contributed by atoms with van der Waals surface area (Å²) in [4.78, 5) is 20.1. The first kappa shape index (κ1) is 29.4. The van der Waals surface area contributed by atoms with Gasteiger partial charge in [0.25, 0.3) is 5.91 Å². The quantitative estimate of drug-likeness (QED) is 0.223. The van der Waals surface area contributed by atoms with Gasteiger partial charge in [0.1, 0.15) is 0 Å². The zero-order valence-corrected chi connectivity index (χ0v) is 22.7. The number of imidazole rings is 1. The van der Waals surface area contributed by atoms with Crippen LogP contribution in [-0.2, 0) is 25.8 Å². The molecule has 0 unspecified atom stereocenters. The van der Waals surface area contributed by atoms with E-state index in [0.29, 0.717) is 24.7 Å². The van der Waals surface area contributed by atoms with Crippen molar-refractivity contribution in [1.29, 1.82) is 0 Å². The van der Waals surface area contributed by atoms with Crippen molar-refractivity contribution < 1.29 is 4.79 Å². The van der Waals surface area contributed by atoms with Gasteiger partial charge in [-0.25, -0.2) is 4.98 Å². The van der Waals surface area contributed by atoms with Crippen molar-refractivity contribution in [3.63, 3.8) is 0 Å². The van der Waals surface area contributed by atoms with Gasteiger partial charge in [-0.1, -0.05) is 43.5 Å². The lowest BCUT2D eigenvalue weighted by molar-refractivity contribution is 0.0952. The molecule has 3 N–H and O–H groups in total. The summed E-state index contributed by atoms with van der Waals surface area (Å²) in [6.07, 6.45) is 13.9. The lowest BCUT2D eigenvalue weighted by Crippen LogP contribution is -2.27. The first-order valence-corrected chi connectivity index (χ1v) is 13.1. The summed E-state index contributed by atoms with van der Waals surface area (Å²) < 4.78 is 1.81.